The highest BCUT2D eigenvalue weighted by atomic mass is 16.4. The number of carbonyl (C=O) groups is 3. The van der Waals surface area contributed by atoms with Crippen LogP contribution in [0.5, 0.6) is 0 Å². The zero-order valence-electron chi connectivity index (χ0n) is 8.87. The summed E-state index contributed by atoms with van der Waals surface area (Å²) in [4.78, 5) is 32.4. The Bertz CT molecular complexity index is 252. The van der Waals surface area contributed by atoms with Gasteiger partial charge in [-0.2, -0.15) is 0 Å². The van der Waals surface area contributed by atoms with Crippen molar-refractivity contribution in [2.75, 3.05) is 13.1 Å². The van der Waals surface area contributed by atoms with E-state index in [2.05, 4.69) is 10.6 Å². The molecule has 0 aromatic rings. The fourth-order valence-corrected chi connectivity index (χ4v) is 0.850. The number of carbonyl (C=O) groups excluding carboxylic acids is 2. The molecule has 0 bridgehead atoms. The Labute approximate surface area is 88.0 Å². The van der Waals surface area contributed by atoms with Crippen molar-refractivity contribution in [2.45, 2.75) is 20.3 Å². The van der Waals surface area contributed by atoms with E-state index in [1.165, 1.54) is 6.92 Å². The van der Waals surface area contributed by atoms with Gasteiger partial charge in [-0.1, -0.05) is 0 Å². The van der Waals surface area contributed by atoms with Crippen molar-refractivity contribution in [3.8, 4) is 0 Å². The zero-order chi connectivity index (χ0) is 11.8. The van der Waals surface area contributed by atoms with Gasteiger partial charge in [0.25, 0.3) is 0 Å². The van der Waals surface area contributed by atoms with Gasteiger partial charge in [-0.3, -0.25) is 14.4 Å². The molecule has 0 aromatic carbocycles. The number of carboxylic acids is 1. The van der Waals surface area contributed by atoms with Gasteiger partial charge in [0.05, 0.1) is 0 Å². The van der Waals surface area contributed by atoms with E-state index in [0.29, 0.717) is 6.54 Å². The van der Waals surface area contributed by atoms with Gasteiger partial charge in [0.2, 0.25) is 11.8 Å². The molecule has 1 atom stereocenters. The Morgan fingerprint density at radius 1 is 1.27 bits per heavy atom. The summed E-state index contributed by atoms with van der Waals surface area (Å²) in [5.74, 6) is -3.00. The highest BCUT2D eigenvalue weighted by molar-refractivity contribution is 5.96. The highest BCUT2D eigenvalue weighted by Gasteiger charge is 2.19. The largest absolute Gasteiger partial charge is 0.481 e. The second kappa shape index (κ2) is 6.80. The summed E-state index contributed by atoms with van der Waals surface area (Å²) < 4.78 is 0. The van der Waals surface area contributed by atoms with E-state index in [-0.39, 0.29) is 18.9 Å². The molecular weight excluding hydrogens is 200 g/mol. The average Bonchev–Trinajstić information content (AvgIpc) is 2.16. The standard InChI is InChI=1S/C9H16N2O4/c1-3-10-7(12)4-5-11-8(13)6(2)9(14)15/h6H,3-5H2,1-2H3,(H,10,12)(H,11,13)(H,14,15). The lowest BCUT2D eigenvalue weighted by atomic mass is 10.2. The number of carboxylic acid groups (broad SMARTS) is 1. The van der Waals surface area contributed by atoms with Crippen molar-refractivity contribution in [1.29, 1.82) is 0 Å². The molecule has 0 aliphatic carbocycles. The molecule has 15 heavy (non-hydrogen) atoms. The quantitative estimate of drug-likeness (QED) is 0.514. The first-order chi connectivity index (χ1) is 6.99. The summed E-state index contributed by atoms with van der Waals surface area (Å²) in [6.45, 7) is 3.79. The van der Waals surface area contributed by atoms with Crippen LogP contribution in [0.25, 0.3) is 0 Å². The van der Waals surface area contributed by atoms with Crippen LogP contribution in [0.1, 0.15) is 20.3 Å². The van der Waals surface area contributed by atoms with Crippen LogP contribution in [0.2, 0.25) is 0 Å². The van der Waals surface area contributed by atoms with Crippen molar-refractivity contribution < 1.29 is 19.5 Å². The van der Waals surface area contributed by atoms with Gasteiger partial charge in [-0.25, -0.2) is 0 Å². The lowest BCUT2D eigenvalue weighted by Gasteiger charge is -2.07. The average molecular weight is 216 g/mol. The molecule has 3 N–H and O–H groups in total. The van der Waals surface area contributed by atoms with E-state index in [1.54, 1.807) is 6.92 Å². The molecule has 6 nitrogen and oxygen atoms in total. The molecule has 0 radical (unpaired) electrons. The van der Waals surface area contributed by atoms with Gasteiger partial charge < -0.3 is 15.7 Å². The van der Waals surface area contributed by atoms with Crippen LogP contribution < -0.4 is 10.6 Å². The summed E-state index contributed by atoms with van der Waals surface area (Å²) in [7, 11) is 0. The van der Waals surface area contributed by atoms with Gasteiger partial charge in [0.15, 0.2) is 0 Å². The first kappa shape index (κ1) is 13.4. The van der Waals surface area contributed by atoms with Crippen LogP contribution in [0, 0.1) is 5.92 Å². The molecule has 2 amide bonds. The van der Waals surface area contributed by atoms with Crippen LogP contribution in [0.3, 0.4) is 0 Å². The maximum absolute atomic E-state index is 11.1. The van der Waals surface area contributed by atoms with E-state index in [0.717, 1.165) is 0 Å². The molecule has 0 heterocycles. The van der Waals surface area contributed by atoms with Crippen LogP contribution >= 0.6 is 0 Å². The number of hydrogen-bond acceptors (Lipinski definition) is 3. The van der Waals surface area contributed by atoms with Gasteiger partial charge in [-0.05, 0) is 13.8 Å². The van der Waals surface area contributed by atoms with Crippen molar-refractivity contribution in [3.63, 3.8) is 0 Å². The maximum Gasteiger partial charge on any atom is 0.315 e. The molecule has 0 saturated carbocycles. The Morgan fingerprint density at radius 2 is 1.87 bits per heavy atom. The number of hydrogen-bond donors (Lipinski definition) is 3. The third kappa shape index (κ3) is 5.66. The third-order valence-corrected chi connectivity index (χ3v) is 1.79. The van der Waals surface area contributed by atoms with Crippen LogP contribution in [-0.4, -0.2) is 36.0 Å². The van der Waals surface area contributed by atoms with Gasteiger partial charge in [-0.15, -0.1) is 0 Å². The normalized spacial score (nSPS) is 11.6. The third-order valence-electron chi connectivity index (χ3n) is 1.79. The van der Waals surface area contributed by atoms with Crippen molar-refractivity contribution >= 4 is 17.8 Å². The van der Waals surface area contributed by atoms with E-state index in [9.17, 15) is 14.4 Å². The summed E-state index contributed by atoms with van der Waals surface area (Å²) in [5, 5.41) is 13.4. The number of amides is 2. The second-order valence-corrected chi connectivity index (χ2v) is 3.05. The number of nitrogens with one attached hydrogen (secondary N) is 2. The summed E-state index contributed by atoms with van der Waals surface area (Å²) in [6.07, 6.45) is 0.159. The summed E-state index contributed by atoms with van der Waals surface area (Å²) in [5.41, 5.74) is 0. The smallest absolute Gasteiger partial charge is 0.315 e. The Kier molecular flexibility index (Phi) is 6.08. The molecule has 0 aromatic heterocycles. The van der Waals surface area contributed by atoms with E-state index < -0.39 is 17.8 Å². The molecule has 1 unspecified atom stereocenters. The van der Waals surface area contributed by atoms with Crippen molar-refractivity contribution in [2.24, 2.45) is 5.92 Å². The molecule has 0 fully saturated rings. The zero-order valence-corrected chi connectivity index (χ0v) is 8.87. The molecule has 0 rings (SSSR count). The number of rotatable bonds is 6. The predicted molar refractivity (Wildman–Crippen MR) is 53.1 cm³/mol. The molecule has 0 spiro atoms. The van der Waals surface area contributed by atoms with E-state index in [1.807, 2.05) is 0 Å². The van der Waals surface area contributed by atoms with Gasteiger partial charge in [0.1, 0.15) is 5.92 Å². The van der Waals surface area contributed by atoms with Gasteiger partial charge in [0, 0.05) is 19.5 Å². The van der Waals surface area contributed by atoms with E-state index in [4.69, 9.17) is 5.11 Å². The summed E-state index contributed by atoms with van der Waals surface area (Å²) in [6, 6.07) is 0. The molecule has 0 saturated heterocycles. The molecule has 86 valence electrons. The Balaban J connectivity index is 3.73. The fraction of sp³-hybridized carbons (Fsp3) is 0.667. The van der Waals surface area contributed by atoms with Crippen molar-refractivity contribution in [1.82, 2.24) is 10.6 Å². The highest BCUT2D eigenvalue weighted by Crippen LogP contribution is 1.93. The first-order valence-corrected chi connectivity index (χ1v) is 4.76. The molecule has 6 heteroatoms. The Hall–Kier alpha value is -1.59. The lowest BCUT2D eigenvalue weighted by molar-refractivity contribution is -0.146. The topological polar surface area (TPSA) is 95.5 Å². The minimum atomic E-state index is -1.18. The van der Waals surface area contributed by atoms with Crippen LogP contribution in [0.4, 0.5) is 0 Å². The van der Waals surface area contributed by atoms with Crippen LogP contribution in [0.15, 0.2) is 0 Å². The fourth-order valence-electron chi connectivity index (χ4n) is 0.850. The SMILES string of the molecule is CCNC(=O)CCNC(=O)C(C)C(=O)O. The van der Waals surface area contributed by atoms with Crippen LogP contribution in [-0.2, 0) is 14.4 Å². The van der Waals surface area contributed by atoms with E-state index >= 15 is 0 Å². The van der Waals surface area contributed by atoms with Gasteiger partial charge >= 0.3 is 5.97 Å². The molecule has 0 aliphatic heterocycles. The minimum Gasteiger partial charge on any atom is -0.481 e. The monoisotopic (exact) mass is 216 g/mol. The summed E-state index contributed by atoms with van der Waals surface area (Å²) >= 11 is 0. The molecular formula is C9H16N2O4. The Morgan fingerprint density at radius 3 is 2.33 bits per heavy atom. The predicted octanol–water partition coefficient (Wildman–Crippen LogP) is -0.650. The minimum absolute atomic E-state index is 0.155. The molecule has 0 aliphatic rings. The lowest BCUT2D eigenvalue weighted by Crippen LogP contribution is -2.36. The second-order valence-electron chi connectivity index (χ2n) is 3.05. The van der Waals surface area contributed by atoms with Crippen molar-refractivity contribution in [3.05, 3.63) is 0 Å². The number of aliphatic carboxylic acids is 1. The maximum atomic E-state index is 11.1. The first-order valence-electron chi connectivity index (χ1n) is 4.76.